The lowest BCUT2D eigenvalue weighted by atomic mass is 9.90. The van der Waals surface area contributed by atoms with E-state index in [1.807, 2.05) is 19.1 Å². The summed E-state index contributed by atoms with van der Waals surface area (Å²) in [5.74, 6) is -1.76. The van der Waals surface area contributed by atoms with Crippen LogP contribution in [0.4, 0.5) is 13.2 Å². The van der Waals surface area contributed by atoms with E-state index in [-0.39, 0.29) is 31.0 Å². The van der Waals surface area contributed by atoms with Gasteiger partial charge in [0.2, 0.25) is 5.60 Å². The standard InChI is InChI=1S/C19H25F3N2O3/c1-12-5-7-14(8-6-12)16(25)23(4)15-9-10-24(11-13(15)2)17(26)18(3,27)19(20,21)22/h5-8,13,15,27H,9-11H2,1-4H3/t13-,15+,18+/m0/s1. The largest absolute Gasteiger partial charge is 0.426 e. The molecule has 0 aliphatic carbocycles. The molecule has 150 valence electrons. The molecular formula is C19H25F3N2O3. The summed E-state index contributed by atoms with van der Waals surface area (Å²) in [5, 5.41) is 9.61. The van der Waals surface area contributed by atoms with Crippen LogP contribution in [0.5, 0.6) is 0 Å². The van der Waals surface area contributed by atoms with Crippen molar-refractivity contribution in [2.24, 2.45) is 5.92 Å². The van der Waals surface area contributed by atoms with Gasteiger partial charge in [-0.2, -0.15) is 13.2 Å². The quantitative estimate of drug-likeness (QED) is 0.869. The molecule has 0 bridgehead atoms. The molecule has 1 aliphatic rings. The highest BCUT2D eigenvalue weighted by Gasteiger charge is 2.57. The number of carbonyl (C=O) groups excluding carboxylic acids is 2. The number of likely N-dealkylation sites (tertiary alicyclic amines) is 1. The molecule has 2 rings (SSSR count). The van der Waals surface area contributed by atoms with Gasteiger partial charge in [0.25, 0.3) is 11.8 Å². The summed E-state index contributed by atoms with van der Waals surface area (Å²) in [6.07, 6.45) is -4.70. The third kappa shape index (κ3) is 4.26. The molecule has 1 N–H and O–H groups in total. The second kappa shape index (κ2) is 7.50. The lowest BCUT2D eigenvalue weighted by Gasteiger charge is -2.43. The van der Waals surface area contributed by atoms with Gasteiger partial charge in [-0.15, -0.1) is 0 Å². The van der Waals surface area contributed by atoms with Gasteiger partial charge in [-0.25, -0.2) is 0 Å². The van der Waals surface area contributed by atoms with Crippen LogP contribution in [0.15, 0.2) is 24.3 Å². The van der Waals surface area contributed by atoms with Crippen molar-refractivity contribution in [1.29, 1.82) is 0 Å². The van der Waals surface area contributed by atoms with Gasteiger partial charge < -0.3 is 14.9 Å². The molecule has 0 aromatic heterocycles. The van der Waals surface area contributed by atoms with E-state index in [0.29, 0.717) is 18.9 Å². The van der Waals surface area contributed by atoms with E-state index in [2.05, 4.69) is 0 Å². The summed E-state index contributed by atoms with van der Waals surface area (Å²) in [5.41, 5.74) is -1.84. The molecule has 8 heteroatoms. The third-order valence-electron chi connectivity index (χ3n) is 5.23. The molecule has 1 aromatic carbocycles. The lowest BCUT2D eigenvalue weighted by Crippen LogP contribution is -2.60. The van der Waals surface area contributed by atoms with Gasteiger partial charge in [0, 0.05) is 31.7 Å². The number of aryl methyl sites for hydroxylation is 1. The number of halogens is 3. The van der Waals surface area contributed by atoms with Crippen LogP contribution in [0.1, 0.15) is 36.2 Å². The lowest BCUT2D eigenvalue weighted by molar-refractivity contribution is -0.251. The number of benzene rings is 1. The number of hydrogen-bond donors (Lipinski definition) is 1. The Morgan fingerprint density at radius 1 is 1.22 bits per heavy atom. The zero-order valence-electron chi connectivity index (χ0n) is 15.9. The molecule has 3 atom stereocenters. The molecular weight excluding hydrogens is 361 g/mol. The molecule has 1 heterocycles. The van der Waals surface area contributed by atoms with Gasteiger partial charge in [-0.1, -0.05) is 24.6 Å². The molecule has 5 nitrogen and oxygen atoms in total. The molecule has 0 radical (unpaired) electrons. The number of piperidine rings is 1. The Morgan fingerprint density at radius 3 is 2.26 bits per heavy atom. The van der Waals surface area contributed by atoms with Gasteiger partial charge in [-0.05, 0) is 38.3 Å². The molecule has 0 unspecified atom stereocenters. The summed E-state index contributed by atoms with van der Waals surface area (Å²) >= 11 is 0. The summed E-state index contributed by atoms with van der Waals surface area (Å²) in [4.78, 5) is 27.4. The highest BCUT2D eigenvalue weighted by Crippen LogP contribution is 2.33. The van der Waals surface area contributed by atoms with Crippen LogP contribution in [0.3, 0.4) is 0 Å². The highest BCUT2D eigenvalue weighted by atomic mass is 19.4. The second-order valence-corrected chi connectivity index (χ2v) is 7.44. The van der Waals surface area contributed by atoms with Crippen molar-refractivity contribution in [3.8, 4) is 0 Å². The normalized spacial score (nSPS) is 22.9. The van der Waals surface area contributed by atoms with Crippen LogP contribution in [0.2, 0.25) is 0 Å². The van der Waals surface area contributed by atoms with E-state index >= 15 is 0 Å². The molecule has 0 spiro atoms. The van der Waals surface area contributed by atoms with E-state index in [4.69, 9.17) is 0 Å². The predicted octanol–water partition coefficient (Wildman–Crippen LogP) is 2.62. The Kier molecular flexibility index (Phi) is 5.89. The van der Waals surface area contributed by atoms with Crippen LogP contribution < -0.4 is 0 Å². The van der Waals surface area contributed by atoms with E-state index in [9.17, 15) is 27.9 Å². The predicted molar refractivity (Wildman–Crippen MR) is 94.1 cm³/mol. The summed E-state index contributed by atoms with van der Waals surface area (Å²) in [7, 11) is 1.66. The first kappa shape index (κ1) is 21.2. The van der Waals surface area contributed by atoms with E-state index in [0.717, 1.165) is 10.5 Å². The minimum Gasteiger partial charge on any atom is -0.373 e. The molecule has 1 saturated heterocycles. The molecule has 1 aliphatic heterocycles. The van der Waals surface area contributed by atoms with Crippen LogP contribution in [0, 0.1) is 12.8 Å². The Labute approximate surface area is 156 Å². The van der Waals surface area contributed by atoms with Gasteiger partial charge in [0.1, 0.15) is 0 Å². The first-order chi connectivity index (χ1) is 12.4. The maximum atomic E-state index is 12.9. The van der Waals surface area contributed by atoms with Gasteiger partial charge in [0.15, 0.2) is 0 Å². The fraction of sp³-hybridized carbons (Fsp3) is 0.579. The number of nitrogens with zero attached hydrogens (tertiary/aromatic N) is 2. The maximum Gasteiger partial charge on any atom is 0.426 e. The van der Waals surface area contributed by atoms with Crippen molar-refractivity contribution in [1.82, 2.24) is 9.80 Å². The van der Waals surface area contributed by atoms with Crippen molar-refractivity contribution in [3.05, 3.63) is 35.4 Å². The number of hydrogen-bond acceptors (Lipinski definition) is 3. The van der Waals surface area contributed by atoms with Crippen LogP contribution in [-0.2, 0) is 4.79 Å². The average molecular weight is 386 g/mol. The van der Waals surface area contributed by atoms with Crippen molar-refractivity contribution in [2.45, 2.75) is 45.0 Å². The minimum atomic E-state index is -5.04. The summed E-state index contributed by atoms with van der Waals surface area (Å²) in [6, 6.07) is 6.94. The number of alkyl halides is 3. The smallest absolute Gasteiger partial charge is 0.373 e. The number of rotatable bonds is 3. The second-order valence-electron chi connectivity index (χ2n) is 7.44. The zero-order valence-corrected chi connectivity index (χ0v) is 15.9. The SMILES string of the molecule is Cc1ccc(C(=O)N(C)[C@@H]2CCN(C(=O)[C@@](C)(O)C(F)(F)F)C[C@@H]2C)cc1. The number of aliphatic hydroxyl groups is 1. The molecule has 27 heavy (non-hydrogen) atoms. The molecule has 2 amide bonds. The summed E-state index contributed by atoms with van der Waals surface area (Å²) < 4.78 is 38.7. The average Bonchev–Trinajstić information content (AvgIpc) is 2.59. The van der Waals surface area contributed by atoms with Gasteiger partial charge in [0.05, 0.1) is 0 Å². The van der Waals surface area contributed by atoms with E-state index in [1.54, 1.807) is 31.0 Å². The minimum absolute atomic E-state index is 0.0429. The maximum absolute atomic E-state index is 12.9. The molecule has 1 fully saturated rings. The Hall–Kier alpha value is -2.09. The van der Waals surface area contributed by atoms with Gasteiger partial charge >= 0.3 is 6.18 Å². The van der Waals surface area contributed by atoms with Crippen molar-refractivity contribution in [3.63, 3.8) is 0 Å². The number of carbonyl (C=O) groups is 2. The Bertz CT molecular complexity index is 701. The fourth-order valence-electron chi connectivity index (χ4n) is 3.37. The molecule has 0 saturated carbocycles. The monoisotopic (exact) mass is 386 g/mol. The van der Waals surface area contributed by atoms with Crippen molar-refractivity contribution >= 4 is 11.8 Å². The van der Waals surface area contributed by atoms with Gasteiger partial charge in [-0.3, -0.25) is 9.59 Å². The number of amides is 2. The Morgan fingerprint density at radius 2 is 1.78 bits per heavy atom. The third-order valence-corrected chi connectivity index (χ3v) is 5.23. The van der Waals surface area contributed by atoms with E-state index < -0.39 is 17.7 Å². The first-order valence-electron chi connectivity index (χ1n) is 8.78. The summed E-state index contributed by atoms with van der Waals surface area (Å²) in [6.45, 7) is 4.26. The van der Waals surface area contributed by atoms with Crippen LogP contribution in [0.25, 0.3) is 0 Å². The highest BCUT2D eigenvalue weighted by molar-refractivity contribution is 5.94. The van der Waals surface area contributed by atoms with Crippen molar-refractivity contribution in [2.75, 3.05) is 20.1 Å². The van der Waals surface area contributed by atoms with E-state index in [1.165, 1.54) is 0 Å². The van der Waals surface area contributed by atoms with Crippen LogP contribution in [-0.4, -0.2) is 64.7 Å². The molecule has 1 aromatic rings. The first-order valence-corrected chi connectivity index (χ1v) is 8.78. The van der Waals surface area contributed by atoms with Crippen molar-refractivity contribution < 1.29 is 27.9 Å². The Balaban J connectivity index is 2.07. The fourth-order valence-corrected chi connectivity index (χ4v) is 3.37. The zero-order chi connectivity index (χ0) is 20.6. The van der Waals surface area contributed by atoms with Crippen LogP contribution >= 0.6 is 0 Å². The topological polar surface area (TPSA) is 60.9 Å².